The summed E-state index contributed by atoms with van der Waals surface area (Å²) in [5.41, 5.74) is 1.88. The molecule has 6 heteroatoms. The Hall–Kier alpha value is -1.92. The van der Waals surface area contributed by atoms with Gasteiger partial charge in [0.05, 0.1) is 30.3 Å². The Kier molecular flexibility index (Phi) is 3.66. The first-order valence-electron chi connectivity index (χ1n) is 6.80. The van der Waals surface area contributed by atoms with Gasteiger partial charge in [0, 0.05) is 6.54 Å². The van der Waals surface area contributed by atoms with Gasteiger partial charge in [0.2, 0.25) is 5.91 Å². The maximum atomic E-state index is 12.1. The molecule has 3 rings (SSSR count). The number of fused-ring (bicyclic) bond motifs is 1. The predicted octanol–water partition coefficient (Wildman–Crippen LogP) is 0.729. The molecular weight excluding hydrogens is 256 g/mol. The van der Waals surface area contributed by atoms with Crippen LogP contribution in [-0.4, -0.2) is 41.7 Å². The highest BCUT2D eigenvalue weighted by molar-refractivity contribution is 5.82. The lowest BCUT2D eigenvalue weighted by Crippen LogP contribution is -2.51. The van der Waals surface area contributed by atoms with Crippen LogP contribution in [0.1, 0.15) is 18.8 Å². The lowest BCUT2D eigenvalue weighted by atomic mass is 10.2. The summed E-state index contributed by atoms with van der Waals surface area (Å²) in [5, 5.41) is 6.09. The fourth-order valence-corrected chi connectivity index (χ4v) is 2.29. The molecule has 6 nitrogen and oxygen atoms in total. The quantitative estimate of drug-likeness (QED) is 0.771. The van der Waals surface area contributed by atoms with Crippen molar-refractivity contribution in [2.45, 2.75) is 19.0 Å². The lowest BCUT2D eigenvalue weighted by Gasteiger charge is -2.24. The van der Waals surface area contributed by atoms with Crippen LogP contribution < -0.4 is 10.6 Å². The minimum absolute atomic E-state index is 0.0577. The van der Waals surface area contributed by atoms with Crippen LogP contribution >= 0.6 is 0 Å². The number of ether oxygens (including phenoxy) is 1. The fraction of sp³-hybridized carbons (Fsp3) is 0.429. The number of amides is 1. The third-order valence-electron chi connectivity index (χ3n) is 3.41. The molecule has 2 heterocycles. The number of benzene rings is 1. The van der Waals surface area contributed by atoms with Gasteiger partial charge in [-0.1, -0.05) is 12.1 Å². The van der Waals surface area contributed by atoms with E-state index in [0.717, 1.165) is 16.9 Å². The predicted molar refractivity (Wildman–Crippen MR) is 75.3 cm³/mol. The van der Waals surface area contributed by atoms with E-state index in [4.69, 9.17) is 4.74 Å². The number of nitrogens with zero attached hydrogens (tertiary/aromatic N) is 1. The van der Waals surface area contributed by atoms with Crippen molar-refractivity contribution in [3.63, 3.8) is 0 Å². The summed E-state index contributed by atoms with van der Waals surface area (Å²) in [7, 11) is 0. The molecule has 2 atom stereocenters. The maximum absolute atomic E-state index is 12.1. The number of carbonyl (C=O) groups is 1. The highest BCUT2D eigenvalue weighted by atomic mass is 16.5. The SMILES string of the molecule is CC(NC(=O)C1COCCN1)c1nc2ccccc2[nH]1. The molecule has 106 valence electrons. The summed E-state index contributed by atoms with van der Waals surface area (Å²) in [5.74, 6) is 0.703. The van der Waals surface area contributed by atoms with E-state index in [2.05, 4.69) is 20.6 Å². The number of aromatic amines is 1. The summed E-state index contributed by atoms with van der Waals surface area (Å²) in [6.45, 7) is 3.69. The number of hydrogen-bond donors (Lipinski definition) is 3. The van der Waals surface area contributed by atoms with Crippen molar-refractivity contribution < 1.29 is 9.53 Å². The Morgan fingerprint density at radius 1 is 1.50 bits per heavy atom. The highest BCUT2D eigenvalue weighted by Crippen LogP contribution is 2.15. The number of imidazole rings is 1. The third-order valence-corrected chi connectivity index (χ3v) is 3.41. The van der Waals surface area contributed by atoms with Gasteiger partial charge >= 0.3 is 0 Å². The molecule has 1 fully saturated rings. The van der Waals surface area contributed by atoms with E-state index >= 15 is 0 Å². The van der Waals surface area contributed by atoms with Crippen molar-refractivity contribution in [3.05, 3.63) is 30.1 Å². The van der Waals surface area contributed by atoms with Crippen molar-refractivity contribution in [2.75, 3.05) is 19.8 Å². The molecule has 2 aromatic rings. The standard InChI is InChI=1S/C14H18N4O2/c1-9(16-14(19)12-8-20-7-6-15-12)13-17-10-4-2-3-5-11(10)18-13/h2-5,9,12,15H,6-8H2,1H3,(H,16,19)(H,17,18). The lowest BCUT2D eigenvalue weighted by molar-refractivity contribution is -0.126. The van der Waals surface area contributed by atoms with Crippen molar-refractivity contribution in [2.24, 2.45) is 0 Å². The summed E-state index contributed by atoms with van der Waals surface area (Å²) in [6.07, 6.45) is 0. The molecule has 1 aliphatic heterocycles. The van der Waals surface area contributed by atoms with Crippen molar-refractivity contribution in [3.8, 4) is 0 Å². The molecule has 20 heavy (non-hydrogen) atoms. The van der Waals surface area contributed by atoms with Crippen LogP contribution in [0.15, 0.2) is 24.3 Å². The number of carbonyl (C=O) groups excluding carboxylic acids is 1. The Bertz CT molecular complexity index is 571. The van der Waals surface area contributed by atoms with E-state index in [9.17, 15) is 4.79 Å². The van der Waals surface area contributed by atoms with Crippen molar-refractivity contribution >= 4 is 16.9 Å². The van der Waals surface area contributed by atoms with Crippen LogP contribution in [0.3, 0.4) is 0 Å². The molecule has 1 aromatic carbocycles. The van der Waals surface area contributed by atoms with Crippen molar-refractivity contribution in [1.82, 2.24) is 20.6 Å². The summed E-state index contributed by atoms with van der Waals surface area (Å²) < 4.78 is 5.29. The largest absolute Gasteiger partial charge is 0.378 e. The number of morpholine rings is 1. The molecular formula is C14H18N4O2. The van der Waals surface area contributed by atoms with Crippen LogP contribution in [0.2, 0.25) is 0 Å². The topological polar surface area (TPSA) is 79.0 Å². The number of para-hydroxylation sites is 2. The molecule has 1 aromatic heterocycles. The molecule has 1 aliphatic rings. The van der Waals surface area contributed by atoms with Gasteiger partial charge in [-0.05, 0) is 19.1 Å². The second-order valence-electron chi connectivity index (χ2n) is 4.95. The minimum Gasteiger partial charge on any atom is -0.378 e. The molecule has 1 amide bonds. The summed E-state index contributed by atoms with van der Waals surface area (Å²) in [4.78, 5) is 19.8. The normalized spacial score (nSPS) is 20.8. The van der Waals surface area contributed by atoms with E-state index in [0.29, 0.717) is 19.8 Å². The minimum atomic E-state index is -0.282. The molecule has 0 bridgehead atoms. The first-order valence-corrected chi connectivity index (χ1v) is 6.80. The van der Waals surface area contributed by atoms with E-state index in [1.54, 1.807) is 0 Å². The molecule has 0 radical (unpaired) electrons. The van der Waals surface area contributed by atoms with Crippen LogP contribution in [0.4, 0.5) is 0 Å². The van der Waals surface area contributed by atoms with Crippen LogP contribution in [-0.2, 0) is 9.53 Å². The molecule has 3 N–H and O–H groups in total. The second-order valence-corrected chi connectivity index (χ2v) is 4.95. The molecule has 2 unspecified atom stereocenters. The first kappa shape index (κ1) is 13.1. The van der Waals surface area contributed by atoms with E-state index in [1.165, 1.54) is 0 Å². The number of hydrogen-bond acceptors (Lipinski definition) is 4. The van der Waals surface area contributed by atoms with Gasteiger partial charge in [0.25, 0.3) is 0 Å². The average Bonchev–Trinajstić information content (AvgIpc) is 2.92. The second kappa shape index (κ2) is 5.60. The number of H-pyrrole nitrogens is 1. The van der Waals surface area contributed by atoms with Gasteiger partial charge in [-0.2, -0.15) is 0 Å². The zero-order valence-corrected chi connectivity index (χ0v) is 11.3. The van der Waals surface area contributed by atoms with E-state index < -0.39 is 0 Å². The number of nitrogens with one attached hydrogen (secondary N) is 3. The summed E-state index contributed by atoms with van der Waals surface area (Å²) >= 11 is 0. The Balaban J connectivity index is 1.68. The smallest absolute Gasteiger partial charge is 0.240 e. The Morgan fingerprint density at radius 2 is 2.35 bits per heavy atom. The van der Waals surface area contributed by atoms with E-state index in [-0.39, 0.29) is 18.0 Å². The van der Waals surface area contributed by atoms with Gasteiger partial charge in [-0.15, -0.1) is 0 Å². The van der Waals surface area contributed by atoms with Crippen molar-refractivity contribution in [1.29, 1.82) is 0 Å². The van der Waals surface area contributed by atoms with Gasteiger partial charge in [-0.25, -0.2) is 4.98 Å². The molecule has 0 saturated carbocycles. The van der Waals surface area contributed by atoms with Gasteiger partial charge < -0.3 is 20.4 Å². The summed E-state index contributed by atoms with van der Waals surface area (Å²) in [6, 6.07) is 7.36. The Labute approximate surface area is 116 Å². The van der Waals surface area contributed by atoms with Crippen LogP contribution in [0.25, 0.3) is 11.0 Å². The highest BCUT2D eigenvalue weighted by Gasteiger charge is 2.23. The van der Waals surface area contributed by atoms with Gasteiger partial charge in [-0.3, -0.25) is 4.79 Å². The van der Waals surface area contributed by atoms with Gasteiger partial charge in [0.1, 0.15) is 11.9 Å². The maximum Gasteiger partial charge on any atom is 0.240 e. The number of aromatic nitrogens is 2. The average molecular weight is 274 g/mol. The van der Waals surface area contributed by atoms with E-state index in [1.807, 2.05) is 31.2 Å². The molecule has 0 spiro atoms. The fourth-order valence-electron chi connectivity index (χ4n) is 2.29. The van der Waals surface area contributed by atoms with Crippen LogP contribution in [0.5, 0.6) is 0 Å². The first-order chi connectivity index (χ1) is 9.74. The van der Waals surface area contributed by atoms with Gasteiger partial charge in [0.15, 0.2) is 0 Å². The molecule has 1 saturated heterocycles. The zero-order chi connectivity index (χ0) is 13.9. The third kappa shape index (κ3) is 2.66. The van der Waals surface area contributed by atoms with Crippen LogP contribution in [0, 0.1) is 0 Å². The Morgan fingerprint density at radius 3 is 3.10 bits per heavy atom. The molecule has 0 aliphatic carbocycles. The number of rotatable bonds is 3. The zero-order valence-electron chi connectivity index (χ0n) is 11.3. The monoisotopic (exact) mass is 274 g/mol.